The van der Waals surface area contributed by atoms with Crippen molar-refractivity contribution in [3.63, 3.8) is 0 Å². The highest BCUT2D eigenvalue weighted by Gasteiger charge is 2.40. The quantitative estimate of drug-likeness (QED) is 0.698. The lowest BCUT2D eigenvalue weighted by molar-refractivity contribution is 0.139. The number of aliphatic hydroxyl groups excluding tert-OH is 1. The summed E-state index contributed by atoms with van der Waals surface area (Å²) in [7, 11) is 1.80. The van der Waals surface area contributed by atoms with Gasteiger partial charge in [0.25, 0.3) is 0 Å². The van der Waals surface area contributed by atoms with Crippen LogP contribution >= 0.6 is 0 Å². The number of nitrogens with zero attached hydrogens (tertiary/aromatic N) is 3. The van der Waals surface area contributed by atoms with E-state index in [-0.39, 0.29) is 6.10 Å². The lowest BCUT2D eigenvalue weighted by Gasteiger charge is -2.08. The number of hydrogen-bond acceptors (Lipinski definition) is 3. The van der Waals surface area contributed by atoms with Gasteiger partial charge in [-0.05, 0) is 18.3 Å². The van der Waals surface area contributed by atoms with E-state index in [2.05, 4.69) is 17.2 Å². The summed E-state index contributed by atoms with van der Waals surface area (Å²) >= 11 is 0. The highest BCUT2D eigenvalue weighted by Crippen LogP contribution is 2.46. The van der Waals surface area contributed by atoms with Gasteiger partial charge in [-0.2, -0.15) is 0 Å². The first-order valence-corrected chi connectivity index (χ1v) is 4.23. The molecule has 0 amide bonds. The van der Waals surface area contributed by atoms with Gasteiger partial charge in [0.2, 0.25) is 0 Å². The molecule has 1 N–H and O–H groups in total. The van der Waals surface area contributed by atoms with E-state index in [1.54, 1.807) is 17.9 Å². The van der Waals surface area contributed by atoms with Gasteiger partial charge in [-0.1, -0.05) is 12.1 Å². The third kappa shape index (κ3) is 1.12. The molecule has 0 aliphatic heterocycles. The zero-order valence-corrected chi connectivity index (χ0v) is 7.31. The van der Waals surface area contributed by atoms with Crippen LogP contribution in [-0.2, 0) is 7.05 Å². The van der Waals surface area contributed by atoms with Gasteiger partial charge >= 0.3 is 0 Å². The molecule has 0 bridgehead atoms. The SMILES string of the molecule is CC1CC1C(O)c1cnnn1C. The average molecular weight is 167 g/mol. The van der Waals surface area contributed by atoms with Crippen molar-refractivity contribution >= 4 is 0 Å². The lowest BCUT2D eigenvalue weighted by Crippen LogP contribution is -2.07. The van der Waals surface area contributed by atoms with Crippen molar-refractivity contribution in [1.82, 2.24) is 15.0 Å². The Balaban J connectivity index is 2.14. The Morgan fingerprint density at radius 3 is 2.83 bits per heavy atom. The topological polar surface area (TPSA) is 50.9 Å². The van der Waals surface area contributed by atoms with Crippen molar-refractivity contribution in [2.24, 2.45) is 18.9 Å². The third-order valence-electron chi connectivity index (χ3n) is 2.63. The van der Waals surface area contributed by atoms with E-state index in [1.807, 2.05) is 0 Å². The van der Waals surface area contributed by atoms with Crippen LogP contribution in [0.15, 0.2) is 6.20 Å². The minimum atomic E-state index is -0.375. The molecule has 4 heteroatoms. The van der Waals surface area contributed by atoms with Crippen LogP contribution in [0.3, 0.4) is 0 Å². The maximum atomic E-state index is 9.80. The first-order chi connectivity index (χ1) is 5.70. The Bertz CT molecular complexity index is 284. The van der Waals surface area contributed by atoms with E-state index >= 15 is 0 Å². The second-order valence-electron chi connectivity index (χ2n) is 3.60. The molecule has 1 fully saturated rings. The maximum Gasteiger partial charge on any atom is 0.100 e. The fourth-order valence-electron chi connectivity index (χ4n) is 1.58. The number of aromatic nitrogens is 3. The van der Waals surface area contributed by atoms with Crippen LogP contribution in [0.2, 0.25) is 0 Å². The molecule has 1 aromatic rings. The summed E-state index contributed by atoms with van der Waals surface area (Å²) < 4.78 is 1.63. The maximum absolute atomic E-state index is 9.80. The van der Waals surface area contributed by atoms with Gasteiger partial charge < -0.3 is 5.11 Å². The normalized spacial score (nSPS) is 30.2. The van der Waals surface area contributed by atoms with E-state index < -0.39 is 0 Å². The summed E-state index contributed by atoms with van der Waals surface area (Å²) in [5, 5.41) is 17.3. The molecule has 66 valence electrons. The van der Waals surface area contributed by atoms with Crippen LogP contribution < -0.4 is 0 Å². The Morgan fingerprint density at radius 1 is 1.75 bits per heavy atom. The fourth-order valence-corrected chi connectivity index (χ4v) is 1.58. The van der Waals surface area contributed by atoms with Gasteiger partial charge in [-0.15, -0.1) is 5.10 Å². The van der Waals surface area contributed by atoms with Crippen molar-refractivity contribution in [2.75, 3.05) is 0 Å². The Kier molecular flexibility index (Phi) is 1.65. The Hall–Kier alpha value is -0.900. The van der Waals surface area contributed by atoms with Crippen molar-refractivity contribution in [2.45, 2.75) is 19.4 Å². The molecule has 0 aromatic carbocycles. The van der Waals surface area contributed by atoms with Crippen LogP contribution in [0.1, 0.15) is 25.1 Å². The van der Waals surface area contributed by atoms with Gasteiger partial charge in [0.1, 0.15) is 6.10 Å². The molecule has 1 aliphatic rings. The molecule has 12 heavy (non-hydrogen) atoms. The monoisotopic (exact) mass is 167 g/mol. The molecule has 2 rings (SSSR count). The average Bonchev–Trinajstić information content (AvgIpc) is 2.59. The molecule has 0 saturated heterocycles. The standard InChI is InChI=1S/C8H13N3O/c1-5-3-6(5)8(12)7-4-9-10-11(7)2/h4-6,8,12H,3H2,1-2H3. The van der Waals surface area contributed by atoms with E-state index in [1.165, 1.54) is 0 Å². The molecule has 1 saturated carbocycles. The summed E-state index contributed by atoms with van der Waals surface area (Å²) in [6.07, 6.45) is 2.38. The molecule has 3 unspecified atom stereocenters. The Morgan fingerprint density at radius 2 is 2.42 bits per heavy atom. The van der Waals surface area contributed by atoms with E-state index in [4.69, 9.17) is 0 Å². The van der Waals surface area contributed by atoms with Crippen molar-refractivity contribution in [3.05, 3.63) is 11.9 Å². The van der Waals surface area contributed by atoms with Crippen LogP contribution in [0, 0.1) is 11.8 Å². The lowest BCUT2D eigenvalue weighted by atomic mass is 10.1. The smallest absolute Gasteiger partial charge is 0.100 e. The predicted octanol–water partition coefficient (Wildman–Crippen LogP) is 0.504. The second-order valence-corrected chi connectivity index (χ2v) is 3.60. The van der Waals surface area contributed by atoms with E-state index in [9.17, 15) is 5.11 Å². The summed E-state index contributed by atoms with van der Waals surface area (Å²) in [6.45, 7) is 2.15. The molecule has 1 aromatic heterocycles. The predicted molar refractivity (Wildman–Crippen MR) is 43.2 cm³/mol. The molecular formula is C8H13N3O. The molecular weight excluding hydrogens is 154 g/mol. The Labute approximate surface area is 71.2 Å². The molecule has 1 aliphatic carbocycles. The van der Waals surface area contributed by atoms with Crippen LogP contribution in [0.4, 0.5) is 0 Å². The van der Waals surface area contributed by atoms with E-state index in [0.717, 1.165) is 12.1 Å². The molecule has 3 atom stereocenters. The summed E-state index contributed by atoms with van der Waals surface area (Å²) in [5.41, 5.74) is 0.823. The summed E-state index contributed by atoms with van der Waals surface area (Å²) in [5.74, 6) is 1.07. The van der Waals surface area contributed by atoms with Gasteiger partial charge in [-0.3, -0.25) is 0 Å². The number of rotatable bonds is 2. The zero-order valence-electron chi connectivity index (χ0n) is 7.31. The molecule has 0 radical (unpaired) electrons. The van der Waals surface area contributed by atoms with Crippen molar-refractivity contribution < 1.29 is 5.11 Å². The van der Waals surface area contributed by atoms with Gasteiger partial charge in [-0.25, -0.2) is 4.68 Å². The highest BCUT2D eigenvalue weighted by atomic mass is 16.3. The summed E-state index contributed by atoms with van der Waals surface area (Å²) in [4.78, 5) is 0. The van der Waals surface area contributed by atoms with Crippen LogP contribution in [0.25, 0.3) is 0 Å². The highest BCUT2D eigenvalue weighted by molar-refractivity contribution is 5.05. The van der Waals surface area contributed by atoms with Crippen LogP contribution in [-0.4, -0.2) is 20.1 Å². The number of hydrogen-bond donors (Lipinski definition) is 1. The third-order valence-corrected chi connectivity index (χ3v) is 2.63. The largest absolute Gasteiger partial charge is 0.386 e. The van der Waals surface area contributed by atoms with E-state index in [0.29, 0.717) is 11.8 Å². The minimum absolute atomic E-state index is 0.375. The minimum Gasteiger partial charge on any atom is -0.386 e. The molecule has 0 spiro atoms. The number of aryl methyl sites for hydroxylation is 1. The first-order valence-electron chi connectivity index (χ1n) is 4.23. The first kappa shape index (κ1) is 7.73. The number of aliphatic hydroxyl groups is 1. The van der Waals surface area contributed by atoms with Crippen molar-refractivity contribution in [1.29, 1.82) is 0 Å². The fraction of sp³-hybridized carbons (Fsp3) is 0.750. The molecule has 1 heterocycles. The van der Waals surface area contributed by atoms with Crippen LogP contribution in [0.5, 0.6) is 0 Å². The summed E-state index contributed by atoms with van der Waals surface area (Å²) in [6, 6.07) is 0. The van der Waals surface area contributed by atoms with Gasteiger partial charge in [0.15, 0.2) is 0 Å². The molecule has 4 nitrogen and oxygen atoms in total. The van der Waals surface area contributed by atoms with Gasteiger partial charge in [0.05, 0.1) is 11.9 Å². The van der Waals surface area contributed by atoms with Crippen molar-refractivity contribution in [3.8, 4) is 0 Å². The zero-order chi connectivity index (χ0) is 8.72. The van der Waals surface area contributed by atoms with Gasteiger partial charge in [0, 0.05) is 7.05 Å². The second kappa shape index (κ2) is 2.55.